The molecule has 2 N–H and O–H groups in total. The van der Waals surface area contributed by atoms with Gasteiger partial charge in [-0.3, -0.25) is 4.79 Å². The first-order valence-corrected chi connectivity index (χ1v) is 6.65. The van der Waals surface area contributed by atoms with Crippen molar-refractivity contribution in [3.05, 3.63) is 46.5 Å². The molecule has 2 heterocycles. The summed E-state index contributed by atoms with van der Waals surface area (Å²) in [4.78, 5) is 18.1. The van der Waals surface area contributed by atoms with E-state index in [9.17, 15) is 4.79 Å². The van der Waals surface area contributed by atoms with Gasteiger partial charge >= 0.3 is 0 Å². The van der Waals surface area contributed by atoms with Gasteiger partial charge in [0, 0.05) is 18.5 Å². The SMILES string of the molecule is Nc1nc(CC(=O)N2Cc3ccccc3C2)cs1. The van der Waals surface area contributed by atoms with Crippen LogP contribution in [0.4, 0.5) is 5.13 Å². The Morgan fingerprint density at radius 3 is 2.56 bits per heavy atom. The maximum Gasteiger partial charge on any atom is 0.229 e. The zero-order valence-corrected chi connectivity index (χ0v) is 10.6. The molecule has 4 nitrogen and oxygen atoms in total. The minimum absolute atomic E-state index is 0.108. The molecule has 0 spiro atoms. The van der Waals surface area contributed by atoms with Crippen LogP contribution in [-0.2, 0) is 24.3 Å². The summed E-state index contributed by atoms with van der Waals surface area (Å²) < 4.78 is 0. The van der Waals surface area contributed by atoms with Gasteiger partial charge in [0.15, 0.2) is 5.13 Å². The van der Waals surface area contributed by atoms with Crippen LogP contribution >= 0.6 is 11.3 Å². The molecule has 1 amide bonds. The second kappa shape index (κ2) is 4.42. The standard InChI is InChI=1S/C13H13N3OS/c14-13-15-11(8-18-13)5-12(17)16-6-9-3-1-2-4-10(9)7-16/h1-4,8H,5-7H2,(H2,14,15). The summed E-state index contributed by atoms with van der Waals surface area (Å²) in [5, 5.41) is 2.36. The monoisotopic (exact) mass is 259 g/mol. The minimum atomic E-state index is 0.108. The van der Waals surface area contributed by atoms with Gasteiger partial charge in [-0.25, -0.2) is 4.98 Å². The molecule has 0 saturated heterocycles. The van der Waals surface area contributed by atoms with Crippen LogP contribution in [0.5, 0.6) is 0 Å². The van der Waals surface area contributed by atoms with E-state index in [1.165, 1.54) is 22.5 Å². The lowest BCUT2D eigenvalue weighted by molar-refractivity contribution is -0.131. The zero-order chi connectivity index (χ0) is 12.5. The Kier molecular flexibility index (Phi) is 2.76. The van der Waals surface area contributed by atoms with Gasteiger partial charge in [-0.05, 0) is 11.1 Å². The second-order valence-corrected chi connectivity index (χ2v) is 5.26. The van der Waals surface area contributed by atoms with Crippen LogP contribution in [0.3, 0.4) is 0 Å². The van der Waals surface area contributed by atoms with Gasteiger partial charge in [-0.1, -0.05) is 24.3 Å². The molecular weight excluding hydrogens is 246 g/mol. The van der Waals surface area contributed by atoms with Crippen LogP contribution in [0.2, 0.25) is 0 Å². The highest BCUT2D eigenvalue weighted by atomic mass is 32.1. The van der Waals surface area contributed by atoms with E-state index in [1.54, 1.807) is 0 Å². The van der Waals surface area contributed by atoms with Crippen molar-refractivity contribution in [1.82, 2.24) is 9.88 Å². The summed E-state index contributed by atoms with van der Waals surface area (Å²) in [5.41, 5.74) is 8.80. The quantitative estimate of drug-likeness (QED) is 0.894. The molecule has 0 saturated carbocycles. The molecule has 0 unspecified atom stereocenters. The van der Waals surface area contributed by atoms with Gasteiger partial charge in [0.25, 0.3) is 0 Å². The molecular formula is C13H13N3OS. The number of amides is 1. The lowest BCUT2D eigenvalue weighted by Crippen LogP contribution is -2.27. The van der Waals surface area contributed by atoms with Crippen molar-refractivity contribution < 1.29 is 4.79 Å². The first-order chi connectivity index (χ1) is 8.72. The van der Waals surface area contributed by atoms with E-state index in [0.29, 0.717) is 24.6 Å². The van der Waals surface area contributed by atoms with Crippen molar-refractivity contribution in [2.75, 3.05) is 5.73 Å². The highest BCUT2D eigenvalue weighted by Crippen LogP contribution is 2.23. The van der Waals surface area contributed by atoms with Crippen molar-refractivity contribution in [2.45, 2.75) is 19.5 Å². The molecule has 3 rings (SSSR count). The maximum absolute atomic E-state index is 12.1. The molecule has 1 aliphatic heterocycles. The fourth-order valence-corrected chi connectivity index (χ4v) is 2.74. The Morgan fingerprint density at radius 1 is 1.33 bits per heavy atom. The third kappa shape index (κ3) is 2.09. The summed E-state index contributed by atoms with van der Waals surface area (Å²) in [6.07, 6.45) is 0.335. The van der Waals surface area contributed by atoms with Gasteiger partial charge < -0.3 is 10.6 Å². The van der Waals surface area contributed by atoms with Crippen molar-refractivity contribution >= 4 is 22.4 Å². The second-order valence-electron chi connectivity index (χ2n) is 4.37. The minimum Gasteiger partial charge on any atom is -0.375 e. The largest absolute Gasteiger partial charge is 0.375 e. The molecule has 1 aromatic heterocycles. The van der Waals surface area contributed by atoms with Gasteiger partial charge in [0.1, 0.15) is 0 Å². The van der Waals surface area contributed by atoms with Crippen LogP contribution < -0.4 is 5.73 Å². The van der Waals surface area contributed by atoms with E-state index in [2.05, 4.69) is 17.1 Å². The van der Waals surface area contributed by atoms with Gasteiger partial charge in [0.2, 0.25) is 5.91 Å². The molecule has 0 aliphatic carbocycles. The molecule has 2 aromatic rings. The number of thiazole rings is 1. The number of anilines is 1. The average Bonchev–Trinajstić information content (AvgIpc) is 2.95. The predicted molar refractivity (Wildman–Crippen MR) is 70.9 cm³/mol. The number of hydrogen-bond donors (Lipinski definition) is 1. The summed E-state index contributed by atoms with van der Waals surface area (Å²) in [5.74, 6) is 0.108. The zero-order valence-electron chi connectivity index (χ0n) is 9.80. The molecule has 92 valence electrons. The lowest BCUT2D eigenvalue weighted by Gasteiger charge is -2.14. The Morgan fingerprint density at radius 2 is 2.00 bits per heavy atom. The topological polar surface area (TPSA) is 59.2 Å². The van der Waals surface area contributed by atoms with Crippen molar-refractivity contribution in [3.8, 4) is 0 Å². The molecule has 0 bridgehead atoms. The van der Waals surface area contributed by atoms with Gasteiger partial charge in [-0.2, -0.15) is 0 Å². The predicted octanol–water partition coefficient (Wildman–Crippen LogP) is 1.81. The normalized spacial score (nSPS) is 13.7. The fraction of sp³-hybridized carbons (Fsp3) is 0.231. The molecule has 1 aliphatic rings. The third-order valence-corrected chi connectivity index (χ3v) is 3.82. The Balaban J connectivity index is 1.69. The Labute approximate surface area is 109 Å². The number of carbonyl (C=O) groups excluding carboxylic acids is 1. The van der Waals surface area contributed by atoms with E-state index >= 15 is 0 Å². The van der Waals surface area contributed by atoms with Crippen molar-refractivity contribution in [1.29, 1.82) is 0 Å². The van der Waals surface area contributed by atoms with Crippen LogP contribution in [0.15, 0.2) is 29.6 Å². The number of nitrogens with two attached hydrogens (primary N) is 1. The Bertz CT molecular complexity index is 568. The number of fused-ring (bicyclic) bond motifs is 1. The number of hydrogen-bond acceptors (Lipinski definition) is 4. The summed E-state index contributed by atoms with van der Waals surface area (Å²) >= 11 is 1.37. The number of nitrogen functional groups attached to an aromatic ring is 1. The molecule has 0 fully saturated rings. The van der Waals surface area contributed by atoms with Crippen LogP contribution in [0.25, 0.3) is 0 Å². The summed E-state index contributed by atoms with van der Waals surface area (Å²) in [7, 11) is 0. The van der Waals surface area contributed by atoms with Crippen LogP contribution in [0, 0.1) is 0 Å². The van der Waals surface area contributed by atoms with Gasteiger partial charge in [-0.15, -0.1) is 11.3 Å². The third-order valence-electron chi connectivity index (χ3n) is 3.10. The summed E-state index contributed by atoms with van der Waals surface area (Å²) in [6, 6.07) is 8.16. The number of benzene rings is 1. The van der Waals surface area contributed by atoms with Crippen LogP contribution in [0.1, 0.15) is 16.8 Å². The van der Waals surface area contributed by atoms with Crippen molar-refractivity contribution in [2.24, 2.45) is 0 Å². The van der Waals surface area contributed by atoms with E-state index in [-0.39, 0.29) is 5.91 Å². The molecule has 5 heteroatoms. The van der Waals surface area contributed by atoms with E-state index < -0.39 is 0 Å². The number of aromatic nitrogens is 1. The number of nitrogens with zero attached hydrogens (tertiary/aromatic N) is 2. The van der Waals surface area contributed by atoms with Crippen LogP contribution in [-0.4, -0.2) is 15.8 Å². The highest BCUT2D eigenvalue weighted by Gasteiger charge is 2.23. The summed E-state index contributed by atoms with van der Waals surface area (Å²) in [6.45, 7) is 1.41. The number of rotatable bonds is 2. The maximum atomic E-state index is 12.1. The molecule has 0 radical (unpaired) electrons. The van der Waals surface area contributed by atoms with Crippen molar-refractivity contribution in [3.63, 3.8) is 0 Å². The lowest BCUT2D eigenvalue weighted by atomic mass is 10.1. The average molecular weight is 259 g/mol. The fourth-order valence-electron chi connectivity index (χ4n) is 2.18. The molecule has 18 heavy (non-hydrogen) atoms. The first kappa shape index (κ1) is 11.2. The van der Waals surface area contributed by atoms with E-state index in [0.717, 1.165) is 5.69 Å². The van der Waals surface area contributed by atoms with E-state index in [4.69, 9.17) is 5.73 Å². The smallest absolute Gasteiger partial charge is 0.229 e. The van der Waals surface area contributed by atoms with E-state index in [1.807, 2.05) is 22.4 Å². The Hall–Kier alpha value is -1.88. The highest BCUT2D eigenvalue weighted by molar-refractivity contribution is 7.13. The number of carbonyl (C=O) groups is 1. The molecule has 1 aromatic carbocycles. The van der Waals surface area contributed by atoms with Gasteiger partial charge in [0.05, 0.1) is 12.1 Å². The molecule has 0 atom stereocenters. The first-order valence-electron chi connectivity index (χ1n) is 5.77.